The summed E-state index contributed by atoms with van der Waals surface area (Å²) in [6.45, 7) is 4.17. The standard InChI is InChI=1S/C13H20O3/c1-10(2)16-9-12(14)13(15-3)11-7-5-4-6-8-11/h4-8,10,12-14H,9H2,1-3H3. The van der Waals surface area contributed by atoms with Crippen molar-refractivity contribution < 1.29 is 14.6 Å². The van der Waals surface area contributed by atoms with Gasteiger partial charge >= 0.3 is 0 Å². The average Bonchev–Trinajstić information content (AvgIpc) is 2.29. The molecular weight excluding hydrogens is 204 g/mol. The monoisotopic (exact) mass is 224 g/mol. The quantitative estimate of drug-likeness (QED) is 0.804. The molecule has 0 radical (unpaired) electrons. The van der Waals surface area contributed by atoms with Crippen LogP contribution >= 0.6 is 0 Å². The molecule has 2 atom stereocenters. The molecule has 0 bridgehead atoms. The molecule has 1 N–H and O–H groups in total. The van der Waals surface area contributed by atoms with Gasteiger partial charge in [0.2, 0.25) is 0 Å². The molecule has 0 fully saturated rings. The summed E-state index contributed by atoms with van der Waals surface area (Å²) in [6.07, 6.45) is -0.863. The van der Waals surface area contributed by atoms with Crippen LogP contribution in [0.5, 0.6) is 0 Å². The van der Waals surface area contributed by atoms with Crippen LogP contribution in [0.1, 0.15) is 25.5 Å². The number of hydrogen-bond acceptors (Lipinski definition) is 3. The normalized spacial score (nSPS) is 15.1. The molecule has 3 nitrogen and oxygen atoms in total. The Labute approximate surface area is 97.0 Å². The Morgan fingerprint density at radius 3 is 2.31 bits per heavy atom. The number of benzene rings is 1. The minimum Gasteiger partial charge on any atom is -0.388 e. The molecule has 0 aliphatic carbocycles. The summed E-state index contributed by atoms with van der Waals surface area (Å²) in [5, 5.41) is 9.96. The predicted octanol–water partition coefficient (Wildman–Crippen LogP) is 2.16. The van der Waals surface area contributed by atoms with Gasteiger partial charge in [-0.15, -0.1) is 0 Å². The maximum atomic E-state index is 9.96. The molecule has 1 rings (SSSR count). The van der Waals surface area contributed by atoms with Crippen molar-refractivity contribution in [1.29, 1.82) is 0 Å². The second-order valence-corrected chi connectivity index (χ2v) is 4.02. The van der Waals surface area contributed by atoms with E-state index in [4.69, 9.17) is 9.47 Å². The third-order valence-corrected chi connectivity index (χ3v) is 2.33. The summed E-state index contributed by atoms with van der Waals surface area (Å²) >= 11 is 0. The van der Waals surface area contributed by atoms with Gasteiger partial charge in [-0.3, -0.25) is 0 Å². The predicted molar refractivity (Wildman–Crippen MR) is 63.3 cm³/mol. The fourth-order valence-electron chi connectivity index (χ4n) is 1.54. The molecule has 0 saturated carbocycles. The third-order valence-electron chi connectivity index (χ3n) is 2.33. The van der Waals surface area contributed by atoms with Crippen molar-refractivity contribution >= 4 is 0 Å². The van der Waals surface area contributed by atoms with Crippen LogP contribution in [-0.2, 0) is 9.47 Å². The molecule has 90 valence electrons. The van der Waals surface area contributed by atoms with E-state index in [1.54, 1.807) is 7.11 Å². The van der Waals surface area contributed by atoms with Gasteiger partial charge in [0.25, 0.3) is 0 Å². The maximum absolute atomic E-state index is 9.96. The van der Waals surface area contributed by atoms with Crippen LogP contribution in [0, 0.1) is 0 Å². The zero-order chi connectivity index (χ0) is 12.0. The highest BCUT2D eigenvalue weighted by Gasteiger charge is 2.20. The van der Waals surface area contributed by atoms with E-state index in [2.05, 4.69) is 0 Å². The van der Waals surface area contributed by atoms with Crippen molar-refractivity contribution in [3.8, 4) is 0 Å². The Bertz CT molecular complexity index is 284. The molecule has 1 aromatic carbocycles. The number of hydrogen-bond donors (Lipinski definition) is 1. The molecule has 0 amide bonds. The van der Waals surface area contributed by atoms with E-state index in [0.717, 1.165) is 5.56 Å². The topological polar surface area (TPSA) is 38.7 Å². The van der Waals surface area contributed by atoms with E-state index in [-0.39, 0.29) is 18.8 Å². The first-order valence-corrected chi connectivity index (χ1v) is 5.52. The highest BCUT2D eigenvalue weighted by atomic mass is 16.5. The van der Waals surface area contributed by atoms with Crippen LogP contribution in [0.3, 0.4) is 0 Å². The number of ether oxygens (including phenoxy) is 2. The average molecular weight is 224 g/mol. The number of methoxy groups -OCH3 is 1. The van der Waals surface area contributed by atoms with Gasteiger partial charge in [0.15, 0.2) is 0 Å². The fourth-order valence-corrected chi connectivity index (χ4v) is 1.54. The van der Waals surface area contributed by atoms with Crippen LogP contribution in [0.4, 0.5) is 0 Å². The Morgan fingerprint density at radius 2 is 1.81 bits per heavy atom. The van der Waals surface area contributed by atoms with Gasteiger partial charge in [-0.05, 0) is 19.4 Å². The molecule has 2 unspecified atom stereocenters. The lowest BCUT2D eigenvalue weighted by atomic mass is 10.0. The van der Waals surface area contributed by atoms with E-state index < -0.39 is 6.10 Å². The molecular formula is C13H20O3. The Hall–Kier alpha value is -0.900. The van der Waals surface area contributed by atoms with Crippen molar-refractivity contribution in [3.63, 3.8) is 0 Å². The van der Waals surface area contributed by atoms with Gasteiger partial charge in [0, 0.05) is 7.11 Å². The van der Waals surface area contributed by atoms with Gasteiger partial charge in [-0.2, -0.15) is 0 Å². The first-order valence-electron chi connectivity index (χ1n) is 5.52. The summed E-state index contributed by atoms with van der Waals surface area (Å²) < 4.78 is 10.7. The van der Waals surface area contributed by atoms with Crippen molar-refractivity contribution in [2.24, 2.45) is 0 Å². The van der Waals surface area contributed by atoms with Crippen molar-refractivity contribution in [2.75, 3.05) is 13.7 Å². The second kappa shape index (κ2) is 6.63. The highest BCUT2D eigenvalue weighted by Crippen LogP contribution is 2.20. The zero-order valence-corrected chi connectivity index (χ0v) is 10.1. The highest BCUT2D eigenvalue weighted by molar-refractivity contribution is 5.18. The lowest BCUT2D eigenvalue weighted by Crippen LogP contribution is -2.27. The Kier molecular flexibility index (Phi) is 5.46. The molecule has 0 aliphatic rings. The van der Waals surface area contributed by atoms with E-state index in [1.165, 1.54) is 0 Å². The zero-order valence-electron chi connectivity index (χ0n) is 10.1. The molecule has 0 heterocycles. The molecule has 0 aliphatic heterocycles. The molecule has 16 heavy (non-hydrogen) atoms. The minimum absolute atomic E-state index is 0.114. The Balaban J connectivity index is 2.60. The number of aliphatic hydroxyl groups is 1. The third kappa shape index (κ3) is 3.93. The van der Waals surface area contributed by atoms with Gasteiger partial charge in [0.1, 0.15) is 12.2 Å². The van der Waals surface area contributed by atoms with E-state index in [1.807, 2.05) is 44.2 Å². The molecule has 0 aromatic heterocycles. The lowest BCUT2D eigenvalue weighted by Gasteiger charge is -2.22. The van der Waals surface area contributed by atoms with Gasteiger partial charge in [0.05, 0.1) is 12.7 Å². The molecule has 1 aromatic rings. The summed E-state index contributed by atoms with van der Waals surface area (Å²) in [5.74, 6) is 0. The molecule has 0 spiro atoms. The van der Waals surface area contributed by atoms with Crippen LogP contribution in [0.25, 0.3) is 0 Å². The van der Waals surface area contributed by atoms with Crippen molar-refractivity contribution in [3.05, 3.63) is 35.9 Å². The van der Waals surface area contributed by atoms with Crippen LogP contribution in [0.15, 0.2) is 30.3 Å². The molecule has 0 saturated heterocycles. The smallest absolute Gasteiger partial charge is 0.110 e. The SMILES string of the molecule is COC(c1ccccc1)C(O)COC(C)C. The van der Waals surface area contributed by atoms with E-state index in [9.17, 15) is 5.11 Å². The van der Waals surface area contributed by atoms with E-state index in [0.29, 0.717) is 0 Å². The van der Waals surface area contributed by atoms with Crippen LogP contribution < -0.4 is 0 Å². The fraction of sp³-hybridized carbons (Fsp3) is 0.538. The van der Waals surface area contributed by atoms with Gasteiger partial charge in [-0.25, -0.2) is 0 Å². The van der Waals surface area contributed by atoms with Gasteiger partial charge < -0.3 is 14.6 Å². The maximum Gasteiger partial charge on any atom is 0.110 e. The van der Waals surface area contributed by atoms with E-state index >= 15 is 0 Å². The van der Waals surface area contributed by atoms with Crippen molar-refractivity contribution in [1.82, 2.24) is 0 Å². The first-order chi connectivity index (χ1) is 7.65. The summed E-state index contributed by atoms with van der Waals surface area (Å²) in [7, 11) is 1.59. The largest absolute Gasteiger partial charge is 0.388 e. The summed E-state index contributed by atoms with van der Waals surface area (Å²) in [5.41, 5.74) is 0.963. The second-order valence-electron chi connectivity index (χ2n) is 4.02. The number of aliphatic hydroxyl groups excluding tert-OH is 1. The molecule has 3 heteroatoms. The number of rotatable bonds is 6. The van der Waals surface area contributed by atoms with Crippen molar-refractivity contribution in [2.45, 2.75) is 32.2 Å². The Morgan fingerprint density at radius 1 is 1.19 bits per heavy atom. The summed E-state index contributed by atoms with van der Waals surface area (Å²) in [4.78, 5) is 0. The minimum atomic E-state index is -0.644. The summed E-state index contributed by atoms with van der Waals surface area (Å²) in [6, 6.07) is 9.67. The first kappa shape index (κ1) is 13.2. The lowest BCUT2D eigenvalue weighted by molar-refractivity contribution is -0.0693. The van der Waals surface area contributed by atoms with Crippen LogP contribution in [-0.4, -0.2) is 31.0 Å². The van der Waals surface area contributed by atoms with Gasteiger partial charge in [-0.1, -0.05) is 30.3 Å². The van der Waals surface area contributed by atoms with Crippen LogP contribution in [0.2, 0.25) is 0 Å².